The molecule has 3 aromatic carbocycles. The lowest BCUT2D eigenvalue weighted by molar-refractivity contribution is -0.110. The van der Waals surface area contributed by atoms with Gasteiger partial charge in [0, 0.05) is 11.1 Å². The first-order chi connectivity index (χ1) is 13.0. The molecule has 0 saturated heterocycles. The van der Waals surface area contributed by atoms with Crippen LogP contribution in [0, 0.1) is 0 Å². The fraction of sp³-hybridized carbons (Fsp3) is 0. The number of aromatic hydroxyl groups is 2. The van der Waals surface area contributed by atoms with Crippen molar-refractivity contribution < 1.29 is 24.9 Å². The number of rotatable bonds is 2. The quantitative estimate of drug-likeness (QED) is 0.603. The molecule has 0 saturated carbocycles. The van der Waals surface area contributed by atoms with Crippen LogP contribution in [0.1, 0.15) is 21.5 Å². The number of hydrogen-bond donors (Lipinski definition) is 3. The van der Waals surface area contributed by atoms with E-state index in [2.05, 4.69) is 0 Å². The number of ketones is 2. The van der Waals surface area contributed by atoms with Crippen LogP contribution in [0.4, 0.5) is 0 Å². The standard InChI is InChI=1S/C22H14O5/c23-14-8-6-13(7-9-14)17-21(26)18-16(20(25)22(17)27)11-10-15(19(18)24)12-4-2-1-3-5-12/h1-11,23-24,26H. The number of allylic oxidation sites excluding steroid dienone is 1. The van der Waals surface area contributed by atoms with E-state index in [1.54, 1.807) is 30.3 Å². The van der Waals surface area contributed by atoms with Gasteiger partial charge in [0.25, 0.3) is 0 Å². The fourth-order valence-corrected chi connectivity index (χ4v) is 3.24. The zero-order chi connectivity index (χ0) is 19.1. The molecule has 0 bridgehead atoms. The molecule has 3 N–H and O–H groups in total. The number of aliphatic hydroxyl groups is 1. The highest BCUT2D eigenvalue weighted by molar-refractivity contribution is 6.62. The second-order valence-electron chi connectivity index (χ2n) is 6.18. The normalized spacial score (nSPS) is 13.6. The molecule has 132 valence electrons. The van der Waals surface area contributed by atoms with Crippen molar-refractivity contribution in [3.05, 3.63) is 83.4 Å². The van der Waals surface area contributed by atoms with E-state index in [0.717, 1.165) is 0 Å². The van der Waals surface area contributed by atoms with Crippen molar-refractivity contribution >= 4 is 22.9 Å². The Bertz CT molecular complexity index is 1110. The molecule has 4 rings (SSSR count). The summed E-state index contributed by atoms with van der Waals surface area (Å²) in [4.78, 5) is 25.1. The largest absolute Gasteiger partial charge is 0.508 e. The first-order valence-electron chi connectivity index (χ1n) is 8.22. The lowest BCUT2D eigenvalue weighted by Crippen LogP contribution is -2.23. The maximum Gasteiger partial charge on any atom is 0.237 e. The number of phenolic OH excluding ortho intramolecular Hbond substituents is 2. The average Bonchev–Trinajstić information content (AvgIpc) is 2.68. The SMILES string of the molecule is O=C1C(=O)c2ccc(-c3ccccc3)c(O)c2C(O)=C1c1ccc(O)cc1. The van der Waals surface area contributed by atoms with Crippen LogP contribution in [-0.4, -0.2) is 26.9 Å². The topological polar surface area (TPSA) is 94.8 Å². The van der Waals surface area contributed by atoms with Crippen molar-refractivity contribution in [2.75, 3.05) is 0 Å². The fourth-order valence-electron chi connectivity index (χ4n) is 3.24. The summed E-state index contributed by atoms with van der Waals surface area (Å²) in [5.74, 6) is -2.41. The lowest BCUT2D eigenvalue weighted by atomic mass is 9.83. The van der Waals surface area contributed by atoms with Crippen LogP contribution in [0.2, 0.25) is 0 Å². The smallest absolute Gasteiger partial charge is 0.237 e. The first kappa shape index (κ1) is 16.6. The molecule has 3 aromatic rings. The van der Waals surface area contributed by atoms with Gasteiger partial charge in [0.05, 0.1) is 11.1 Å². The molecular weight excluding hydrogens is 344 g/mol. The minimum atomic E-state index is -0.863. The van der Waals surface area contributed by atoms with Gasteiger partial charge in [-0.1, -0.05) is 42.5 Å². The van der Waals surface area contributed by atoms with Crippen molar-refractivity contribution in [1.29, 1.82) is 0 Å². The number of carbonyl (C=O) groups excluding carboxylic acids is 2. The molecule has 0 spiro atoms. The van der Waals surface area contributed by atoms with Crippen LogP contribution >= 0.6 is 0 Å². The summed E-state index contributed by atoms with van der Waals surface area (Å²) in [6.07, 6.45) is 0. The minimum Gasteiger partial charge on any atom is -0.508 e. The van der Waals surface area contributed by atoms with Gasteiger partial charge in [0.1, 0.15) is 17.3 Å². The Balaban J connectivity index is 1.99. The summed E-state index contributed by atoms with van der Waals surface area (Å²) in [6, 6.07) is 17.6. The molecule has 27 heavy (non-hydrogen) atoms. The van der Waals surface area contributed by atoms with Gasteiger partial charge in [-0.15, -0.1) is 0 Å². The van der Waals surface area contributed by atoms with Gasteiger partial charge < -0.3 is 15.3 Å². The van der Waals surface area contributed by atoms with E-state index in [0.29, 0.717) is 11.1 Å². The zero-order valence-corrected chi connectivity index (χ0v) is 14.0. The number of fused-ring (bicyclic) bond motifs is 1. The van der Waals surface area contributed by atoms with E-state index < -0.39 is 17.3 Å². The third kappa shape index (κ3) is 2.57. The third-order valence-corrected chi connectivity index (χ3v) is 4.57. The second kappa shape index (κ2) is 6.14. The number of phenols is 2. The van der Waals surface area contributed by atoms with Crippen molar-refractivity contribution in [2.24, 2.45) is 0 Å². The van der Waals surface area contributed by atoms with E-state index in [1.165, 1.54) is 30.3 Å². The van der Waals surface area contributed by atoms with Crippen molar-refractivity contribution in [3.8, 4) is 22.6 Å². The monoisotopic (exact) mass is 358 g/mol. The molecule has 0 amide bonds. The van der Waals surface area contributed by atoms with Crippen LogP contribution in [0.15, 0.2) is 66.7 Å². The number of benzene rings is 3. The number of aliphatic hydroxyl groups excluding tert-OH is 1. The summed E-state index contributed by atoms with van der Waals surface area (Å²) in [5.41, 5.74) is 1.11. The Kier molecular flexibility index (Phi) is 3.78. The molecule has 0 aromatic heterocycles. The molecule has 0 aliphatic heterocycles. The highest BCUT2D eigenvalue weighted by Crippen LogP contribution is 2.42. The van der Waals surface area contributed by atoms with Crippen molar-refractivity contribution in [1.82, 2.24) is 0 Å². The van der Waals surface area contributed by atoms with E-state index >= 15 is 0 Å². The number of carbonyl (C=O) groups is 2. The summed E-state index contributed by atoms with van der Waals surface area (Å²) >= 11 is 0. The molecular formula is C22H14O5. The van der Waals surface area contributed by atoms with Gasteiger partial charge in [-0.3, -0.25) is 9.59 Å². The lowest BCUT2D eigenvalue weighted by Gasteiger charge is -2.20. The highest BCUT2D eigenvalue weighted by atomic mass is 16.3. The molecule has 0 atom stereocenters. The molecule has 0 fully saturated rings. The Hall–Kier alpha value is -3.86. The summed E-state index contributed by atoms with van der Waals surface area (Å²) < 4.78 is 0. The van der Waals surface area contributed by atoms with Gasteiger partial charge in [-0.25, -0.2) is 0 Å². The van der Waals surface area contributed by atoms with E-state index in [1.807, 2.05) is 6.07 Å². The van der Waals surface area contributed by atoms with E-state index in [9.17, 15) is 24.9 Å². The third-order valence-electron chi connectivity index (χ3n) is 4.57. The van der Waals surface area contributed by atoms with Gasteiger partial charge in [-0.05, 0) is 35.4 Å². The highest BCUT2D eigenvalue weighted by Gasteiger charge is 2.36. The van der Waals surface area contributed by atoms with Gasteiger partial charge in [-0.2, -0.15) is 0 Å². The van der Waals surface area contributed by atoms with Crippen molar-refractivity contribution in [3.63, 3.8) is 0 Å². The van der Waals surface area contributed by atoms with Crippen LogP contribution in [0.25, 0.3) is 22.5 Å². The molecule has 5 nitrogen and oxygen atoms in total. The molecule has 0 radical (unpaired) electrons. The second-order valence-corrected chi connectivity index (χ2v) is 6.18. The van der Waals surface area contributed by atoms with Crippen molar-refractivity contribution in [2.45, 2.75) is 0 Å². The summed E-state index contributed by atoms with van der Waals surface area (Å²) in [7, 11) is 0. The average molecular weight is 358 g/mol. The van der Waals surface area contributed by atoms with E-state index in [4.69, 9.17) is 0 Å². The predicted molar refractivity (Wildman–Crippen MR) is 100 cm³/mol. The van der Waals surface area contributed by atoms with Gasteiger partial charge in [0.15, 0.2) is 0 Å². The Morgan fingerprint density at radius 1 is 0.593 bits per heavy atom. The van der Waals surface area contributed by atoms with Crippen LogP contribution in [-0.2, 0) is 4.79 Å². The van der Waals surface area contributed by atoms with Crippen LogP contribution < -0.4 is 0 Å². The molecule has 1 aliphatic rings. The van der Waals surface area contributed by atoms with Crippen LogP contribution in [0.3, 0.4) is 0 Å². The summed E-state index contributed by atoms with van der Waals surface area (Å²) in [6.45, 7) is 0. The Morgan fingerprint density at radius 2 is 1.22 bits per heavy atom. The maximum absolute atomic E-state index is 12.6. The minimum absolute atomic E-state index is 0.0111. The Morgan fingerprint density at radius 3 is 1.89 bits per heavy atom. The van der Waals surface area contributed by atoms with Gasteiger partial charge >= 0.3 is 0 Å². The summed E-state index contributed by atoms with van der Waals surface area (Å²) in [5, 5.41) is 31.0. The number of Topliss-reactive ketones (excluding diaryl/α,β-unsaturated/α-hetero) is 2. The first-order valence-corrected chi connectivity index (χ1v) is 8.22. The Labute approximate surface area is 154 Å². The number of hydrogen-bond acceptors (Lipinski definition) is 5. The molecule has 1 aliphatic carbocycles. The zero-order valence-electron chi connectivity index (χ0n) is 14.0. The molecule has 0 unspecified atom stereocenters. The van der Waals surface area contributed by atoms with Gasteiger partial charge in [0.2, 0.25) is 11.6 Å². The van der Waals surface area contributed by atoms with E-state index in [-0.39, 0.29) is 33.8 Å². The maximum atomic E-state index is 12.6. The van der Waals surface area contributed by atoms with Crippen LogP contribution in [0.5, 0.6) is 11.5 Å². The predicted octanol–water partition coefficient (Wildman–Crippen LogP) is 3.96. The molecule has 0 heterocycles. The molecule has 5 heteroatoms.